The van der Waals surface area contributed by atoms with Gasteiger partial charge in [0, 0.05) is 6.61 Å². The lowest BCUT2D eigenvalue weighted by Gasteiger charge is -2.26. The molecule has 0 heterocycles. The van der Waals surface area contributed by atoms with E-state index in [4.69, 9.17) is 4.74 Å². The normalized spacial score (nSPS) is 29.1. The fraction of sp³-hybridized carbons (Fsp3) is 0.769. The molecule has 2 aliphatic carbocycles. The molecule has 0 aromatic carbocycles. The van der Waals surface area contributed by atoms with Gasteiger partial charge in [-0.2, -0.15) is 0 Å². The van der Waals surface area contributed by atoms with E-state index in [9.17, 15) is 0 Å². The summed E-state index contributed by atoms with van der Waals surface area (Å²) >= 11 is 0. The minimum absolute atomic E-state index is 0.505. The molecule has 0 unspecified atom stereocenters. The minimum Gasteiger partial charge on any atom is -0.378 e. The van der Waals surface area contributed by atoms with Crippen LogP contribution in [-0.2, 0) is 4.74 Å². The maximum absolute atomic E-state index is 5.87. The highest BCUT2D eigenvalue weighted by Gasteiger charge is 2.20. The molecule has 0 aromatic rings. The van der Waals surface area contributed by atoms with Crippen LogP contribution >= 0.6 is 0 Å². The van der Waals surface area contributed by atoms with Gasteiger partial charge >= 0.3 is 0 Å². The Kier molecular flexibility index (Phi) is 11.6. The first kappa shape index (κ1) is 22.3. The number of unbranched alkanes of at least 4 members (excludes halogenated alkanes) is 2. The maximum atomic E-state index is 5.87. The predicted molar refractivity (Wildman–Crippen MR) is 118 cm³/mol. The van der Waals surface area contributed by atoms with Crippen molar-refractivity contribution in [3.05, 3.63) is 24.3 Å². The van der Waals surface area contributed by atoms with E-state index < -0.39 is 0 Å². The molecule has 1 heteroatoms. The highest BCUT2D eigenvalue weighted by molar-refractivity contribution is 5.24. The monoisotopic (exact) mass is 370 g/mol. The summed E-state index contributed by atoms with van der Waals surface area (Å²) in [6.07, 6.45) is 26.7. The number of ether oxygens (including phenoxy) is 1. The molecule has 0 atom stereocenters. The van der Waals surface area contributed by atoms with Crippen molar-refractivity contribution in [2.45, 2.75) is 103 Å². The van der Waals surface area contributed by atoms with E-state index in [0.717, 1.165) is 24.9 Å². The van der Waals surface area contributed by atoms with Gasteiger partial charge in [-0.3, -0.25) is 0 Å². The first-order valence-electron chi connectivity index (χ1n) is 11.8. The Hall–Kier alpha value is -1.00. The summed E-state index contributed by atoms with van der Waals surface area (Å²) in [6.45, 7) is 5.40. The van der Waals surface area contributed by atoms with Crippen molar-refractivity contribution in [2.75, 3.05) is 6.61 Å². The van der Waals surface area contributed by atoms with Gasteiger partial charge in [-0.05, 0) is 87.7 Å². The van der Waals surface area contributed by atoms with E-state index in [2.05, 4.69) is 50.0 Å². The molecule has 2 aliphatic rings. The van der Waals surface area contributed by atoms with Crippen LogP contribution in [0.5, 0.6) is 0 Å². The third-order valence-electron chi connectivity index (χ3n) is 6.37. The third-order valence-corrected chi connectivity index (χ3v) is 6.37. The molecule has 27 heavy (non-hydrogen) atoms. The summed E-state index contributed by atoms with van der Waals surface area (Å²) in [5.74, 6) is 8.90. The van der Waals surface area contributed by atoms with Crippen LogP contribution in [-0.4, -0.2) is 12.7 Å². The quantitative estimate of drug-likeness (QED) is 0.302. The zero-order chi connectivity index (χ0) is 19.2. The number of rotatable bonds is 9. The van der Waals surface area contributed by atoms with Crippen LogP contribution < -0.4 is 0 Å². The van der Waals surface area contributed by atoms with Crippen LogP contribution in [0, 0.1) is 29.6 Å². The van der Waals surface area contributed by atoms with Crippen molar-refractivity contribution >= 4 is 0 Å². The molecule has 152 valence electrons. The molecular formula is C26H42O. The molecule has 1 nitrogen and oxygen atoms in total. The van der Waals surface area contributed by atoms with Crippen LogP contribution in [0.25, 0.3) is 0 Å². The van der Waals surface area contributed by atoms with Gasteiger partial charge in [-0.25, -0.2) is 0 Å². The van der Waals surface area contributed by atoms with E-state index in [-0.39, 0.29) is 0 Å². The Bertz CT molecular complexity index is 476. The molecule has 0 aliphatic heterocycles. The Morgan fingerprint density at radius 3 is 1.89 bits per heavy atom. The minimum atomic E-state index is 0.505. The van der Waals surface area contributed by atoms with E-state index >= 15 is 0 Å². The van der Waals surface area contributed by atoms with Gasteiger partial charge < -0.3 is 4.74 Å². The fourth-order valence-electron chi connectivity index (χ4n) is 4.55. The Morgan fingerprint density at radius 1 is 0.741 bits per heavy atom. The van der Waals surface area contributed by atoms with Gasteiger partial charge in [-0.15, -0.1) is 0 Å². The van der Waals surface area contributed by atoms with Gasteiger partial charge in [0.2, 0.25) is 0 Å². The SMILES string of the molecule is CCCCCC1CCC(/C=C/C#C/C=C/C2CCC(OCCC)CC2)CC1. The molecule has 0 saturated heterocycles. The van der Waals surface area contributed by atoms with Gasteiger partial charge in [0.1, 0.15) is 0 Å². The maximum Gasteiger partial charge on any atom is 0.0575 e. The van der Waals surface area contributed by atoms with E-state index in [1.807, 2.05) is 0 Å². The molecule has 0 spiro atoms. The molecule has 0 bridgehead atoms. The number of allylic oxidation sites excluding steroid dienone is 4. The lowest BCUT2D eigenvalue weighted by atomic mass is 9.79. The number of hydrogen-bond acceptors (Lipinski definition) is 1. The molecule has 0 radical (unpaired) electrons. The molecule has 0 aromatic heterocycles. The lowest BCUT2D eigenvalue weighted by molar-refractivity contribution is 0.0227. The average Bonchev–Trinajstić information content (AvgIpc) is 2.71. The second-order valence-corrected chi connectivity index (χ2v) is 8.69. The van der Waals surface area contributed by atoms with E-state index in [1.54, 1.807) is 0 Å². The number of hydrogen-bond donors (Lipinski definition) is 0. The van der Waals surface area contributed by atoms with E-state index in [0.29, 0.717) is 12.0 Å². The fourth-order valence-corrected chi connectivity index (χ4v) is 4.55. The standard InChI is InChI=1S/C26H42O/c1-3-5-8-11-23-14-16-24(17-15-23)12-9-6-7-10-13-25-18-20-26(21-19-25)27-22-4-2/h9-10,12-13,23-26H,3-5,8,11,14-22H2,1-2H3/b12-9+,13-10+. The summed E-state index contributed by atoms with van der Waals surface area (Å²) in [7, 11) is 0. The summed E-state index contributed by atoms with van der Waals surface area (Å²) < 4.78 is 5.87. The van der Waals surface area contributed by atoms with Crippen LogP contribution in [0.4, 0.5) is 0 Å². The topological polar surface area (TPSA) is 9.23 Å². The third kappa shape index (κ3) is 9.66. The van der Waals surface area contributed by atoms with Crippen LogP contribution in [0.1, 0.15) is 97.3 Å². The van der Waals surface area contributed by atoms with Crippen molar-refractivity contribution in [1.82, 2.24) is 0 Å². The molecule has 0 N–H and O–H groups in total. The van der Waals surface area contributed by atoms with Gasteiger partial charge in [0.25, 0.3) is 0 Å². The Balaban J connectivity index is 1.57. The second kappa shape index (κ2) is 14.1. The van der Waals surface area contributed by atoms with Crippen LogP contribution in [0.3, 0.4) is 0 Å². The van der Waals surface area contributed by atoms with Crippen molar-refractivity contribution in [1.29, 1.82) is 0 Å². The molecule has 0 amide bonds. The predicted octanol–water partition coefficient (Wildman–Crippen LogP) is 7.47. The zero-order valence-corrected chi connectivity index (χ0v) is 17.9. The lowest BCUT2D eigenvalue weighted by Crippen LogP contribution is -2.21. The first-order valence-corrected chi connectivity index (χ1v) is 11.8. The van der Waals surface area contributed by atoms with Gasteiger partial charge in [-0.1, -0.05) is 63.5 Å². The van der Waals surface area contributed by atoms with Gasteiger partial charge in [0.05, 0.1) is 6.10 Å². The zero-order valence-electron chi connectivity index (χ0n) is 17.9. The van der Waals surface area contributed by atoms with Crippen molar-refractivity contribution in [3.8, 4) is 11.8 Å². The molecule has 2 rings (SSSR count). The summed E-state index contributed by atoms with van der Waals surface area (Å²) in [5, 5.41) is 0. The van der Waals surface area contributed by atoms with Crippen LogP contribution in [0.2, 0.25) is 0 Å². The Labute approximate surface area is 169 Å². The smallest absolute Gasteiger partial charge is 0.0575 e. The van der Waals surface area contributed by atoms with Gasteiger partial charge in [0.15, 0.2) is 0 Å². The highest BCUT2D eigenvalue weighted by atomic mass is 16.5. The molecular weight excluding hydrogens is 328 g/mol. The van der Waals surface area contributed by atoms with E-state index in [1.165, 1.54) is 77.0 Å². The first-order chi connectivity index (χ1) is 13.3. The summed E-state index contributed by atoms with van der Waals surface area (Å²) in [5.41, 5.74) is 0. The molecule has 2 fully saturated rings. The van der Waals surface area contributed by atoms with Crippen molar-refractivity contribution in [2.24, 2.45) is 17.8 Å². The second-order valence-electron chi connectivity index (χ2n) is 8.69. The largest absolute Gasteiger partial charge is 0.378 e. The van der Waals surface area contributed by atoms with Crippen molar-refractivity contribution < 1.29 is 4.74 Å². The van der Waals surface area contributed by atoms with Crippen molar-refractivity contribution in [3.63, 3.8) is 0 Å². The Morgan fingerprint density at radius 2 is 1.33 bits per heavy atom. The highest BCUT2D eigenvalue weighted by Crippen LogP contribution is 2.32. The summed E-state index contributed by atoms with van der Waals surface area (Å²) in [6, 6.07) is 0. The summed E-state index contributed by atoms with van der Waals surface area (Å²) in [4.78, 5) is 0. The van der Waals surface area contributed by atoms with Crippen LogP contribution in [0.15, 0.2) is 24.3 Å². The molecule has 2 saturated carbocycles. The average molecular weight is 371 g/mol.